The third-order valence-corrected chi connectivity index (χ3v) is 6.91. The predicted octanol–water partition coefficient (Wildman–Crippen LogP) is 3.81. The zero-order valence-corrected chi connectivity index (χ0v) is 20.1. The number of hydrogen-bond acceptors (Lipinski definition) is 6. The fourth-order valence-electron chi connectivity index (χ4n) is 4.14. The topological polar surface area (TPSA) is 84.2 Å². The van der Waals surface area contributed by atoms with Gasteiger partial charge >= 0.3 is 0 Å². The van der Waals surface area contributed by atoms with Crippen molar-refractivity contribution < 1.29 is 14.0 Å². The molecule has 178 valence electrons. The number of carbonyl (C=O) groups excluding carboxylic acids is 2. The lowest BCUT2D eigenvalue weighted by Gasteiger charge is -2.34. The Bertz CT molecular complexity index is 1380. The van der Waals surface area contributed by atoms with Crippen molar-refractivity contribution in [2.75, 3.05) is 26.2 Å². The molecule has 1 saturated heterocycles. The lowest BCUT2D eigenvalue weighted by molar-refractivity contribution is -0.130. The minimum absolute atomic E-state index is 0.0117. The lowest BCUT2D eigenvalue weighted by Crippen LogP contribution is -2.50. The van der Waals surface area contributed by atoms with Gasteiger partial charge in [0.2, 0.25) is 5.91 Å². The maximum absolute atomic E-state index is 13.5. The molecule has 5 rings (SSSR count). The maximum atomic E-state index is 13.5. The largest absolute Gasteiger partial charge is 0.339 e. The molecule has 8 nitrogen and oxygen atoms in total. The maximum Gasteiger partial charge on any atom is 0.257 e. The van der Waals surface area contributed by atoms with Crippen molar-refractivity contribution >= 4 is 23.2 Å². The molecule has 2 amide bonds. The van der Waals surface area contributed by atoms with E-state index in [4.69, 9.17) is 4.98 Å². The van der Waals surface area contributed by atoms with E-state index in [1.165, 1.54) is 30.4 Å². The number of benzene rings is 1. The van der Waals surface area contributed by atoms with Crippen molar-refractivity contribution in [3.63, 3.8) is 0 Å². The lowest BCUT2D eigenvalue weighted by atomic mass is 10.1. The first-order valence-corrected chi connectivity index (χ1v) is 12.1. The van der Waals surface area contributed by atoms with Gasteiger partial charge in [-0.15, -0.1) is 11.3 Å². The summed E-state index contributed by atoms with van der Waals surface area (Å²) < 4.78 is 15.0. The highest BCUT2D eigenvalue weighted by molar-refractivity contribution is 7.13. The highest BCUT2D eigenvalue weighted by atomic mass is 32.1. The third-order valence-electron chi connectivity index (χ3n) is 6.03. The molecule has 10 heteroatoms. The Morgan fingerprint density at radius 3 is 2.37 bits per heavy atom. The molecule has 0 bridgehead atoms. The van der Waals surface area contributed by atoms with Gasteiger partial charge in [-0.2, -0.15) is 9.78 Å². The van der Waals surface area contributed by atoms with Crippen LogP contribution >= 0.6 is 11.3 Å². The van der Waals surface area contributed by atoms with Crippen LogP contribution in [0.5, 0.6) is 0 Å². The van der Waals surface area contributed by atoms with Gasteiger partial charge in [0.25, 0.3) is 11.9 Å². The Morgan fingerprint density at radius 2 is 1.71 bits per heavy atom. The zero-order chi connectivity index (χ0) is 24.5. The van der Waals surface area contributed by atoms with Crippen molar-refractivity contribution in [1.29, 1.82) is 0 Å². The predicted molar refractivity (Wildman–Crippen MR) is 131 cm³/mol. The van der Waals surface area contributed by atoms with Gasteiger partial charge in [0.1, 0.15) is 11.5 Å². The number of rotatable bonds is 4. The quantitative estimate of drug-likeness (QED) is 0.434. The molecule has 0 aliphatic carbocycles. The normalized spacial score (nSPS) is 13.8. The molecule has 0 radical (unpaired) electrons. The van der Waals surface area contributed by atoms with Gasteiger partial charge in [0.05, 0.1) is 22.3 Å². The Hall–Kier alpha value is -3.92. The Kier molecular flexibility index (Phi) is 6.12. The van der Waals surface area contributed by atoms with Crippen molar-refractivity contribution in [3.05, 3.63) is 71.1 Å². The van der Waals surface area contributed by atoms with Gasteiger partial charge in [-0.25, -0.2) is 14.4 Å². The summed E-state index contributed by atoms with van der Waals surface area (Å²) >= 11 is 1.50. The molecule has 0 saturated carbocycles. The monoisotopic (exact) mass is 490 g/mol. The van der Waals surface area contributed by atoms with Crippen molar-refractivity contribution in [1.82, 2.24) is 29.5 Å². The summed E-state index contributed by atoms with van der Waals surface area (Å²) in [5.74, 6) is -0.134. The number of aromatic nitrogens is 4. The number of aryl methyl sites for hydroxylation is 1. The number of amides is 2. The van der Waals surface area contributed by atoms with E-state index < -0.39 is 0 Å². The van der Waals surface area contributed by atoms with Gasteiger partial charge in [-0.3, -0.25) is 9.59 Å². The second kappa shape index (κ2) is 9.38. The molecule has 0 unspecified atom stereocenters. The second-order valence-corrected chi connectivity index (χ2v) is 9.25. The van der Waals surface area contributed by atoms with Crippen LogP contribution in [0.3, 0.4) is 0 Å². The highest BCUT2D eigenvalue weighted by Gasteiger charge is 2.28. The van der Waals surface area contributed by atoms with E-state index in [1.807, 2.05) is 24.4 Å². The van der Waals surface area contributed by atoms with Crippen LogP contribution in [-0.4, -0.2) is 67.5 Å². The average Bonchev–Trinajstić information content (AvgIpc) is 3.55. The van der Waals surface area contributed by atoms with E-state index in [-0.39, 0.29) is 17.6 Å². The van der Waals surface area contributed by atoms with Crippen molar-refractivity contribution in [3.8, 4) is 27.8 Å². The average molecular weight is 491 g/mol. The molecule has 0 spiro atoms. The van der Waals surface area contributed by atoms with E-state index in [0.29, 0.717) is 49.1 Å². The highest BCUT2D eigenvalue weighted by Crippen LogP contribution is 2.31. The van der Waals surface area contributed by atoms with Crippen LogP contribution in [0.25, 0.3) is 27.8 Å². The zero-order valence-electron chi connectivity index (χ0n) is 19.3. The summed E-state index contributed by atoms with van der Waals surface area (Å²) in [7, 11) is 0. The SMILES string of the molecule is CC(=O)N1CCN(C(=O)c2cnn(-c3ncc(C)c(-c4ccc(F)cc4)n3)c2-c2cccs2)CC1. The first-order valence-electron chi connectivity index (χ1n) is 11.2. The first-order chi connectivity index (χ1) is 16.9. The first kappa shape index (κ1) is 22.9. The van der Waals surface area contributed by atoms with Gasteiger partial charge in [0.15, 0.2) is 0 Å². The minimum Gasteiger partial charge on any atom is -0.339 e. The fourth-order valence-corrected chi connectivity index (χ4v) is 4.91. The van der Waals surface area contributed by atoms with Crippen molar-refractivity contribution in [2.45, 2.75) is 13.8 Å². The number of piperazine rings is 1. The van der Waals surface area contributed by atoms with Crippen LogP contribution < -0.4 is 0 Å². The number of hydrogen-bond donors (Lipinski definition) is 0. The van der Waals surface area contributed by atoms with E-state index in [1.54, 1.807) is 39.0 Å². The molecule has 4 aromatic rings. The Balaban J connectivity index is 1.54. The molecular weight excluding hydrogens is 467 g/mol. The van der Waals surface area contributed by atoms with Crippen LogP contribution in [0.2, 0.25) is 0 Å². The molecule has 1 aromatic carbocycles. The van der Waals surface area contributed by atoms with E-state index in [9.17, 15) is 14.0 Å². The summed E-state index contributed by atoms with van der Waals surface area (Å²) in [6.07, 6.45) is 3.25. The van der Waals surface area contributed by atoms with Gasteiger partial charge in [0, 0.05) is 44.9 Å². The molecule has 3 aromatic heterocycles. The van der Waals surface area contributed by atoms with E-state index >= 15 is 0 Å². The molecule has 35 heavy (non-hydrogen) atoms. The van der Waals surface area contributed by atoms with Gasteiger partial charge in [-0.1, -0.05) is 6.07 Å². The molecule has 4 heterocycles. The molecule has 1 fully saturated rings. The number of carbonyl (C=O) groups is 2. The van der Waals surface area contributed by atoms with E-state index in [0.717, 1.165) is 16.0 Å². The van der Waals surface area contributed by atoms with E-state index in [2.05, 4.69) is 10.1 Å². The Labute approximate surface area is 205 Å². The number of nitrogens with zero attached hydrogens (tertiary/aromatic N) is 6. The third kappa shape index (κ3) is 4.44. The van der Waals surface area contributed by atoms with Crippen LogP contribution in [0.1, 0.15) is 22.8 Å². The van der Waals surface area contributed by atoms with Crippen LogP contribution in [0, 0.1) is 12.7 Å². The summed E-state index contributed by atoms with van der Waals surface area (Å²) in [4.78, 5) is 38.7. The summed E-state index contributed by atoms with van der Waals surface area (Å²) in [5.41, 5.74) is 3.34. The molecule has 1 aliphatic rings. The molecular formula is C25H23FN6O2S. The summed E-state index contributed by atoms with van der Waals surface area (Å²) in [6, 6.07) is 9.98. The molecule has 0 N–H and O–H groups in total. The van der Waals surface area contributed by atoms with Crippen LogP contribution in [0.4, 0.5) is 4.39 Å². The number of thiophene rings is 1. The standard InChI is InChI=1S/C25H23FN6O2S/c1-16-14-27-25(29-22(16)18-5-7-19(26)8-6-18)32-23(21-4-3-13-35-21)20(15-28-32)24(34)31-11-9-30(10-12-31)17(2)33/h3-8,13-15H,9-12H2,1-2H3. The molecule has 1 aliphatic heterocycles. The summed E-state index contributed by atoms with van der Waals surface area (Å²) in [5, 5.41) is 6.44. The summed E-state index contributed by atoms with van der Waals surface area (Å²) in [6.45, 7) is 5.36. The second-order valence-electron chi connectivity index (χ2n) is 8.30. The fraction of sp³-hybridized carbons (Fsp3) is 0.240. The van der Waals surface area contributed by atoms with Crippen LogP contribution in [-0.2, 0) is 4.79 Å². The van der Waals surface area contributed by atoms with Gasteiger partial charge in [-0.05, 0) is 48.2 Å². The van der Waals surface area contributed by atoms with Crippen molar-refractivity contribution in [2.24, 2.45) is 0 Å². The minimum atomic E-state index is -0.319. The smallest absolute Gasteiger partial charge is 0.257 e. The van der Waals surface area contributed by atoms with Crippen LogP contribution in [0.15, 0.2) is 54.2 Å². The molecule has 0 atom stereocenters. The Morgan fingerprint density at radius 1 is 1.00 bits per heavy atom. The van der Waals surface area contributed by atoms with Gasteiger partial charge < -0.3 is 9.80 Å². The number of halogens is 1.